The highest BCUT2D eigenvalue weighted by molar-refractivity contribution is 5.30. The Morgan fingerprint density at radius 2 is 2.71 bits per heavy atom. The Morgan fingerprint density at radius 3 is 2.86 bits per heavy atom. The Hall–Kier alpha value is -0.0800. The van der Waals surface area contributed by atoms with Crippen LogP contribution in [-0.4, -0.2) is 24.3 Å². The zero-order chi connectivity index (χ0) is 4.48. The van der Waals surface area contributed by atoms with Gasteiger partial charge < -0.3 is 10.1 Å². The zero-order valence-electron chi connectivity index (χ0n) is 3.98. The highest BCUT2D eigenvalue weighted by atomic mass is 16.6. The fraction of sp³-hybridized carbons (Fsp3) is 1.00. The number of hydrogen-bond acceptors (Lipinski definition) is 2. The maximum absolute atomic E-state index is 5.35. The summed E-state index contributed by atoms with van der Waals surface area (Å²) < 4.78 is 5.35. The van der Waals surface area contributed by atoms with E-state index in [4.69, 9.17) is 4.74 Å². The molecule has 38 valence electrons. The molecular weight excluding hydrogens is 90.1 g/mol. The molecule has 1 saturated carbocycles. The van der Waals surface area contributed by atoms with Crippen LogP contribution in [0.25, 0.3) is 0 Å². The molecule has 3 rings (SSSR count). The number of rotatable bonds is 0. The van der Waals surface area contributed by atoms with Crippen molar-refractivity contribution >= 4 is 0 Å². The topological polar surface area (TPSA) is 24.6 Å². The van der Waals surface area contributed by atoms with Crippen LogP contribution in [0.4, 0.5) is 0 Å². The quantitative estimate of drug-likeness (QED) is 0.412. The molecule has 3 unspecified atom stereocenters. The third kappa shape index (κ3) is 0.173. The molecule has 2 heteroatoms. The maximum atomic E-state index is 5.35. The summed E-state index contributed by atoms with van der Waals surface area (Å²) in [4.78, 5) is 0. The lowest BCUT2D eigenvalue weighted by Crippen LogP contribution is -2.16. The van der Waals surface area contributed by atoms with E-state index in [1.165, 1.54) is 6.42 Å². The summed E-state index contributed by atoms with van der Waals surface area (Å²) in [6, 6.07) is 0.762. The smallest absolute Gasteiger partial charge is 0.113 e. The van der Waals surface area contributed by atoms with Gasteiger partial charge in [-0.05, 0) is 6.42 Å². The van der Waals surface area contributed by atoms with Crippen molar-refractivity contribution in [2.24, 2.45) is 0 Å². The highest BCUT2D eigenvalue weighted by Gasteiger charge is 2.77. The predicted octanol–water partition coefficient (Wildman–Crippen LogP) is -0.501. The van der Waals surface area contributed by atoms with E-state index >= 15 is 0 Å². The summed E-state index contributed by atoms with van der Waals surface area (Å²) in [7, 11) is 0. The molecule has 2 aliphatic heterocycles. The van der Waals surface area contributed by atoms with Crippen molar-refractivity contribution in [1.29, 1.82) is 0 Å². The summed E-state index contributed by atoms with van der Waals surface area (Å²) in [6.07, 6.45) is 1.91. The third-order valence-electron chi connectivity index (χ3n) is 2.35. The second-order valence-corrected chi connectivity index (χ2v) is 2.73. The van der Waals surface area contributed by atoms with Crippen molar-refractivity contribution in [3.05, 3.63) is 0 Å². The molecule has 0 aromatic heterocycles. The van der Waals surface area contributed by atoms with Crippen molar-refractivity contribution in [2.45, 2.75) is 24.2 Å². The largest absolute Gasteiger partial charge is 0.363 e. The number of epoxide rings is 1. The average Bonchev–Trinajstić information content (AvgIpc) is 2.49. The van der Waals surface area contributed by atoms with Gasteiger partial charge in [0.1, 0.15) is 11.7 Å². The number of piperidine rings is 1. The normalized spacial score (nSPS) is 72.0. The minimum Gasteiger partial charge on any atom is -0.363 e. The van der Waals surface area contributed by atoms with Crippen molar-refractivity contribution in [3.8, 4) is 0 Å². The third-order valence-corrected chi connectivity index (χ3v) is 2.35. The van der Waals surface area contributed by atoms with Gasteiger partial charge in [-0.3, -0.25) is 0 Å². The molecule has 3 atom stereocenters. The fourth-order valence-electron chi connectivity index (χ4n) is 1.69. The standard InChI is InChI=1S/C5H7NO/c1-3-5(1)4(7-5)2-6-3/h3-4,6H,1-2H2. The summed E-state index contributed by atoms with van der Waals surface area (Å²) in [5.41, 5.74) is 0.417. The predicted molar refractivity (Wildman–Crippen MR) is 24.0 cm³/mol. The fourth-order valence-corrected chi connectivity index (χ4v) is 1.69. The van der Waals surface area contributed by atoms with Crippen LogP contribution in [0.5, 0.6) is 0 Å². The molecule has 0 aromatic rings. The van der Waals surface area contributed by atoms with Crippen LogP contribution in [0, 0.1) is 0 Å². The average molecular weight is 97.1 g/mol. The van der Waals surface area contributed by atoms with Crippen LogP contribution in [0.1, 0.15) is 6.42 Å². The molecule has 1 spiro atoms. The molecule has 2 nitrogen and oxygen atoms in total. The van der Waals surface area contributed by atoms with Gasteiger partial charge in [-0.15, -0.1) is 0 Å². The number of morpholine rings is 1. The SMILES string of the molecule is C1NC2CC23OC13. The summed E-state index contributed by atoms with van der Waals surface area (Å²) in [5.74, 6) is 0. The molecule has 0 aromatic carbocycles. The van der Waals surface area contributed by atoms with Crippen LogP contribution < -0.4 is 5.32 Å². The molecule has 0 radical (unpaired) electrons. The van der Waals surface area contributed by atoms with Gasteiger partial charge in [0, 0.05) is 12.6 Å². The molecule has 7 heavy (non-hydrogen) atoms. The van der Waals surface area contributed by atoms with E-state index in [-0.39, 0.29) is 0 Å². The molecule has 1 aliphatic carbocycles. The Bertz CT molecular complexity index is 114. The molecule has 1 N–H and O–H groups in total. The zero-order valence-corrected chi connectivity index (χ0v) is 3.98. The van der Waals surface area contributed by atoms with Crippen molar-refractivity contribution in [3.63, 3.8) is 0 Å². The summed E-state index contributed by atoms with van der Waals surface area (Å²) in [5, 5.41) is 3.36. The van der Waals surface area contributed by atoms with Gasteiger partial charge >= 0.3 is 0 Å². The first kappa shape index (κ1) is 3.05. The molecule has 3 aliphatic rings. The first-order valence-electron chi connectivity index (χ1n) is 2.83. The van der Waals surface area contributed by atoms with E-state index in [9.17, 15) is 0 Å². The Labute approximate surface area is 41.8 Å². The van der Waals surface area contributed by atoms with Crippen molar-refractivity contribution in [1.82, 2.24) is 5.32 Å². The van der Waals surface area contributed by atoms with Crippen molar-refractivity contribution in [2.75, 3.05) is 6.54 Å². The summed E-state index contributed by atoms with van der Waals surface area (Å²) >= 11 is 0. The van der Waals surface area contributed by atoms with Gasteiger partial charge in [0.05, 0.1) is 0 Å². The van der Waals surface area contributed by atoms with Crippen LogP contribution in [-0.2, 0) is 4.74 Å². The summed E-state index contributed by atoms with van der Waals surface area (Å²) in [6.45, 7) is 1.12. The lowest BCUT2D eigenvalue weighted by atomic mass is 10.3. The molecule has 2 saturated heterocycles. The van der Waals surface area contributed by atoms with Gasteiger partial charge in [0.15, 0.2) is 0 Å². The maximum Gasteiger partial charge on any atom is 0.113 e. The van der Waals surface area contributed by atoms with Crippen LogP contribution >= 0.6 is 0 Å². The monoisotopic (exact) mass is 97.1 g/mol. The van der Waals surface area contributed by atoms with Gasteiger partial charge in [0.25, 0.3) is 0 Å². The highest BCUT2D eigenvalue weighted by Crippen LogP contribution is 2.60. The molecule has 3 fully saturated rings. The van der Waals surface area contributed by atoms with Crippen LogP contribution in [0.15, 0.2) is 0 Å². The van der Waals surface area contributed by atoms with Crippen molar-refractivity contribution < 1.29 is 4.74 Å². The van der Waals surface area contributed by atoms with E-state index in [1.807, 2.05) is 0 Å². The number of ether oxygens (including phenoxy) is 1. The van der Waals surface area contributed by atoms with Crippen LogP contribution in [0.2, 0.25) is 0 Å². The molecule has 0 bridgehead atoms. The molecule has 2 heterocycles. The Morgan fingerprint density at radius 1 is 1.71 bits per heavy atom. The minimum absolute atomic E-state index is 0.417. The first-order valence-corrected chi connectivity index (χ1v) is 2.83. The van der Waals surface area contributed by atoms with Crippen LogP contribution in [0.3, 0.4) is 0 Å². The number of hydrogen-bond donors (Lipinski definition) is 1. The minimum atomic E-state index is 0.417. The van der Waals surface area contributed by atoms with Gasteiger partial charge in [-0.2, -0.15) is 0 Å². The Kier molecular flexibility index (Phi) is 0.246. The number of nitrogens with one attached hydrogen (secondary N) is 1. The van der Waals surface area contributed by atoms with E-state index < -0.39 is 0 Å². The van der Waals surface area contributed by atoms with E-state index in [2.05, 4.69) is 5.32 Å². The molecular formula is C5H7NO. The lowest BCUT2D eigenvalue weighted by molar-refractivity contribution is 0.326. The van der Waals surface area contributed by atoms with Gasteiger partial charge in [-0.1, -0.05) is 0 Å². The van der Waals surface area contributed by atoms with Gasteiger partial charge in [-0.25, -0.2) is 0 Å². The molecule has 0 amide bonds. The Balaban J connectivity index is 2.12. The van der Waals surface area contributed by atoms with E-state index in [0.29, 0.717) is 11.7 Å². The second kappa shape index (κ2) is 0.565. The van der Waals surface area contributed by atoms with E-state index in [0.717, 1.165) is 12.6 Å². The van der Waals surface area contributed by atoms with Gasteiger partial charge in [0.2, 0.25) is 0 Å². The second-order valence-electron chi connectivity index (χ2n) is 2.73. The van der Waals surface area contributed by atoms with E-state index in [1.54, 1.807) is 0 Å². The first-order chi connectivity index (χ1) is 3.42. The lowest BCUT2D eigenvalue weighted by Gasteiger charge is -1.89.